The normalized spacial score (nSPS) is 12.2. The summed E-state index contributed by atoms with van der Waals surface area (Å²) in [4.78, 5) is 42.1. The molecule has 0 saturated carbocycles. The Kier molecular flexibility index (Phi) is 7.55. The Morgan fingerprint density at radius 3 is 2.47 bits per heavy atom. The van der Waals surface area contributed by atoms with Gasteiger partial charge >= 0.3 is 0 Å². The summed E-state index contributed by atoms with van der Waals surface area (Å²) in [5, 5.41) is 9.28. The molecular formula is C28H29N3O4S. The molecule has 0 radical (unpaired) electrons. The van der Waals surface area contributed by atoms with Crippen LogP contribution in [0.4, 0.5) is 5.69 Å². The quantitative estimate of drug-likeness (QED) is 0.324. The van der Waals surface area contributed by atoms with Crippen molar-refractivity contribution in [3.63, 3.8) is 0 Å². The molecule has 186 valence electrons. The van der Waals surface area contributed by atoms with Gasteiger partial charge in [0.05, 0.1) is 23.4 Å². The topological polar surface area (TPSA) is 91.7 Å². The molecule has 0 aliphatic carbocycles. The zero-order valence-corrected chi connectivity index (χ0v) is 21.3. The van der Waals surface area contributed by atoms with Gasteiger partial charge in [-0.25, -0.2) is 0 Å². The van der Waals surface area contributed by atoms with Crippen molar-refractivity contribution in [2.45, 2.75) is 38.8 Å². The predicted molar refractivity (Wildman–Crippen MR) is 142 cm³/mol. The van der Waals surface area contributed by atoms with Gasteiger partial charge in [0.1, 0.15) is 5.76 Å². The molecule has 2 aromatic heterocycles. The molecule has 0 fully saturated rings. The number of nitrogens with one attached hydrogen (secondary N) is 2. The summed E-state index contributed by atoms with van der Waals surface area (Å²) in [6, 6.07) is 19.0. The lowest BCUT2D eigenvalue weighted by atomic mass is 10.00. The Morgan fingerprint density at radius 2 is 1.78 bits per heavy atom. The lowest BCUT2D eigenvalue weighted by Crippen LogP contribution is -2.52. The number of furan rings is 1. The highest BCUT2D eigenvalue weighted by molar-refractivity contribution is 7.12. The number of benzene rings is 2. The lowest BCUT2D eigenvalue weighted by molar-refractivity contribution is -0.127. The number of carbonyl (C=O) groups excluding carboxylic acids is 3. The summed E-state index contributed by atoms with van der Waals surface area (Å²) in [5.74, 6) is -0.836. The van der Waals surface area contributed by atoms with E-state index in [4.69, 9.17) is 4.42 Å². The number of thiophene rings is 1. The van der Waals surface area contributed by atoms with Crippen molar-refractivity contribution in [2.75, 3.05) is 11.4 Å². The van der Waals surface area contributed by atoms with Gasteiger partial charge < -0.3 is 15.1 Å². The Hall–Kier alpha value is -3.91. The number of hydrogen-bond donors (Lipinski definition) is 2. The average Bonchev–Trinajstić information content (AvgIpc) is 3.60. The van der Waals surface area contributed by atoms with Crippen LogP contribution in [-0.2, 0) is 9.59 Å². The second-order valence-corrected chi connectivity index (χ2v) is 10.0. The first-order chi connectivity index (χ1) is 17.3. The van der Waals surface area contributed by atoms with E-state index >= 15 is 0 Å². The van der Waals surface area contributed by atoms with Crippen molar-refractivity contribution in [3.05, 3.63) is 89.0 Å². The van der Waals surface area contributed by atoms with Gasteiger partial charge in [-0.2, -0.15) is 0 Å². The van der Waals surface area contributed by atoms with Crippen LogP contribution in [0.25, 0.3) is 10.8 Å². The molecule has 36 heavy (non-hydrogen) atoms. The monoisotopic (exact) mass is 503 g/mol. The molecule has 0 saturated heterocycles. The van der Waals surface area contributed by atoms with Gasteiger partial charge in [-0.15, -0.1) is 11.3 Å². The van der Waals surface area contributed by atoms with Gasteiger partial charge in [0, 0.05) is 10.9 Å². The minimum Gasteiger partial charge on any atom is -0.467 e. The van der Waals surface area contributed by atoms with Crippen LogP contribution in [0.1, 0.15) is 48.7 Å². The van der Waals surface area contributed by atoms with Gasteiger partial charge in [-0.05, 0) is 55.3 Å². The second-order valence-electron chi connectivity index (χ2n) is 9.07. The Bertz CT molecular complexity index is 1340. The van der Waals surface area contributed by atoms with Crippen molar-refractivity contribution in [1.82, 2.24) is 10.6 Å². The van der Waals surface area contributed by atoms with Crippen molar-refractivity contribution < 1.29 is 18.8 Å². The molecule has 2 N–H and O–H groups in total. The molecule has 2 heterocycles. The Labute approximate surface area is 214 Å². The van der Waals surface area contributed by atoms with Crippen molar-refractivity contribution in [1.29, 1.82) is 0 Å². The summed E-state index contributed by atoms with van der Waals surface area (Å²) in [5.41, 5.74) is 0.0531. The van der Waals surface area contributed by atoms with Crippen LogP contribution < -0.4 is 15.5 Å². The number of hydrogen-bond acceptors (Lipinski definition) is 5. The first-order valence-electron chi connectivity index (χ1n) is 11.8. The molecule has 0 bridgehead atoms. The van der Waals surface area contributed by atoms with Crippen LogP contribution in [0.5, 0.6) is 0 Å². The number of fused-ring (bicyclic) bond motifs is 1. The Morgan fingerprint density at radius 1 is 1.00 bits per heavy atom. The molecule has 2 aromatic carbocycles. The Balaban J connectivity index is 1.78. The molecule has 7 nitrogen and oxygen atoms in total. The van der Waals surface area contributed by atoms with Crippen LogP contribution in [0.15, 0.2) is 82.8 Å². The van der Waals surface area contributed by atoms with E-state index in [9.17, 15) is 14.4 Å². The zero-order chi connectivity index (χ0) is 25.7. The van der Waals surface area contributed by atoms with Gasteiger partial charge in [0.15, 0.2) is 6.04 Å². The standard InChI is InChI=1S/C28H29N3O4S/c1-4-28(2,3)30-27(34)25(22-14-8-16-35-22)31(21-13-7-11-19-10-5-6-12-20(19)21)24(32)18-29-26(33)23-15-9-17-36-23/h5-17,25H,4,18H2,1-3H3,(H,29,33)(H,30,34). The fourth-order valence-corrected chi connectivity index (χ4v) is 4.52. The number of nitrogens with zero attached hydrogens (tertiary/aromatic N) is 1. The SMILES string of the molecule is CCC(C)(C)NC(=O)C(c1ccco1)N(C(=O)CNC(=O)c1cccs1)c1cccc2ccccc12. The molecule has 0 aliphatic rings. The predicted octanol–water partition coefficient (Wildman–Crippen LogP) is 5.30. The summed E-state index contributed by atoms with van der Waals surface area (Å²) in [6.45, 7) is 5.54. The van der Waals surface area contributed by atoms with E-state index in [1.807, 2.05) is 57.2 Å². The van der Waals surface area contributed by atoms with Crippen molar-refractivity contribution in [3.8, 4) is 0 Å². The number of amides is 3. The van der Waals surface area contributed by atoms with Crippen LogP contribution in [-0.4, -0.2) is 29.8 Å². The maximum absolute atomic E-state index is 13.8. The summed E-state index contributed by atoms with van der Waals surface area (Å²) >= 11 is 1.29. The third-order valence-electron chi connectivity index (χ3n) is 6.10. The lowest BCUT2D eigenvalue weighted by Gasteiger charge is -2.34. The number of carbonyl (C=O) groups is 3. The molecular weight excluding hydrogens is 474 g/mol. The largest absolute Gasteiger partial charge is 0.467 e. The molecule has 4 aromatic rings. The van der Waals surface area contributed by atoms with E-state index in [2.05, 4.69) is 10.6 Å². The van der Waals surface area contributed by atoms with E-state index in [0.717, 1.165) is 10.8 Å². The molecule has 3 amide bonds. The van der Waals surface area contributed by atoms with Gasteiger partial charge in [0.2, 0.25) is 5.91 Å². The molecule has 1 atom stereocenters. The highest BCUT2D eigenvalue weighted by Crippen LogP contribution is 2.34. The molecule has 0 spiro atoms. The van der Waals surface area contributed by atoms with E-state index in [-0.39, 0.29) is 18.4 Å². The fraction of sp³-hybridized carbons (Fsp3) is 0.250. The van der Waals surface area contributed by atoms with Crippen molar-refractivity contribution in [2.24, 2.45) is 0 Å². The first kappa shape index (κ1) is 25.2. The van der Waals surface area contributed by atoms with E-state index in [1.165, 1.54) is 22.5 Å². The summed E-state index contributed by atoms with van der Waals surface area (Å²) in [6.07, 6.45) is 2.17. The van der Waals surface area contributed by atoms with Crippen LogP contribution in [0, 0.1) is 0 Å². The molecule has 1 unspecified atom stereocenters. The van der Waals surface area contributed by atoms with Crippen LogP contribution >= 0.6 is 11.3 Å². The zero-order valence-electron chi connectivity index (χ0n) is 20.5. The minimum absolute atomic E-state index is 0.290. The second kappa shape index (κ2) is 10.8. The van der Waals surface area contributed by atoms with E-state index in [1.54, 1.807) is 35.7 Å². The maximum atomic E-state index is 13.8. The van der Waals surface area contributed by atoms with Crippen molar-refractivity contribution >= 4 is 45.5 Å². The highest BCUT2D eigenvalue weighted by atomic mass is 32.1. The van der Waals surface area contributed by atoms with Gasteiger partial charge in [-0.1, -0.05) is 49.4 Å². The summed E-state index contributed by atoms with van der Waals surface area (Å²) in [7, 11) is 0. The van der Waals surface area contributed by atoms with Crippen LogP contribution in [0.2, 0.25) is 0 Å². The van der Waals surface area contributed by atoms with Crippen LogP contribution in [0.3, 0.4) is 0 Å². The molecule has 0 aliphatic heterocycles. The number of rotatable bonds is 9. The maximum Gasteiger partial charge on any atom is 0.261 e. The number of anilines is 1. The van der Waals surface area contributed by atoms with Gasteiger partial charge in [-0.3, -0.25) is 19.3 Å². The molecule has 4 rings (SSSR count). The molecule has 8 heteroatoms. The summed E-state index contributed by atoms with van der Waals surface area (Å²) < 4.78 is 5.67. The van der Waals surface area contributed by atoms with E-state index < -0.39 is 17.5 Å². The fourth-order valence-electron chi connectivity index (χ4n) is 3.88. The van der Waals surface area contributed by atoms with Gasteiger partial charge in [0.25, 0.3) is 11.8 Å². The van der Waals surface area contributed by atoms with E-state index in [0.29, 0.717) is 22.7 Å². The third kappa shape index (κ3) is 5.49. The minimum atomic E-state index is -1.08. The first-order valence-corrected chi connectivity index (χ1v) is 12.7. The highest BCUT2D eigenvalue weighted by Gasteiger charge is 2.37. The third-order valence-corrected chi connectivity index (χ3v) is 6.97. The average molecular weight is 504 g/mol. The smallest absolute Gasteiger partial charge is 0.261 e.